The van der Waals surface area contributed by atoms with E-state index in [-0.39, 0.29) is 17.3 Å². The number of allylic oxidation sites excluding steroid dienone is 4. The maximum Gasteiger partial charge on any atom is 0.416 e. The number of alkyl halides is 6. The van der Waals surface area contributed by atoms with Crippen molar-refractivity contribution in [2.45, 2.75) is 24.7 Å². The lowest BCUT2D eigenvalue weighted by Gasteiger charge is -2.27. The Morgan fingerprint density at radius 1 is 0.647 bits per heavy atom. The third kappa shape index (κ3) is 4.11. The van der Waals surface area contributed by atoms with E-state index in [1.54, 1.807) is 6.07 Å². The number of anilines is 3. The lowest BCUT2D eigenvalue weighted by Crippen LogP contribution is -2.14. The fourth-order valence-corrected chi connectivity index (χ4v) is 4.76. The summed E-state index contributed by atoms with van der Waals surface area (Å²) in [6.45, 7) is 0. The van der Waals surface area contributed by atoms with Crippen molar-refractivity contribution in [3.63, 3.8) is 0 Å². The predicted octanol–water partition coefficient (Wildman–Crippen LogP) is 8.58. The highest BCUT2D eigenvalue weighted by molar-refractivity contribution is 5.78. The summed E-state index contributed by atoms with van der Waals surface area (Å²) in [5, 5.41) is 0. The van der Waals surface area contributed by atoms with Crippen LogP contribution in [0.2, 0.25) is 0 Å². The Bertz CT molecular complexity index is 1230. The van der Waals surface area contributed by atoms with E-state index >= 15 is 0 Å². The van der Waals surface area contributed by atoms with Gasteiger partial charge in [-0.25, -0.2) is 0 Å². The van der Waals surface area contributed by atoms with Crippen molar-refractivity contribution in [1.29, 1.82) is 0 Å². The average Bonchev–Trinajstić information content (AvgIpc) is 3.16. The van der Waals surface area contributed by atoms with Gasteiger partial charge in [0, 0.05) is 23.0 Å². The largest absolute Gasteiger partial charge is 0.416 e. The van der Waals surface area contributed by atoms with Gasteiger partial charge in [-0.1, -0.05) is 42.5 Å². The molecule has 2 unspecified atom stereocenters. The van der Waals surface area contributed by atoms with Crippen LogP contribution in [0.4, 0.5) is 43.4 Å². The Balaban J connectivity index is 1.65. The lowest BCUT2D eigenvalue weighted by atomic mass is 9.89. The zero-order chi connectivity index (χ0) is 24.1. The highest BCUT2D eigenvalue weighted by Crippen LogP contribution is 2.45. The maximum absolute atomic E-state index is 13.4. The van der Waals surface area contributed by atoms with Gasteiger partial charge >= 0.3 is 12.4 Å². The highest BCUT2D eigenvalue weighted by atomic mass is 19.4. The first-order valence-corrected chi connectivity index (χ1v) is 10.7. The second kappa shape index (κ2) is 8.08. The molecule has 5 rings (SSSR count). The van der Waals surface area contributed by atoms with E-state index < -0.39 is 23.5 Å². The van der Waals surface area contributed by atoms with Crippen LogP contribution in [0.3, 0.4) is 0 Å². The van der Waals surface area contributed by atoms with E-state index in [0.717, 1.165) is 41.8 Å². The van der Waals surface area contributed by atoms with Crippen molar-refractivity contribution in [3.05, 3.63) is 113 Å². The number of nitrogens with zero attached hydrogens (tertiary/aromatic N) is 1. The second-order valence-corrected chi connectivity index (χ2v) is 8.48. The van der Waals surface area contributed by atoms with Crippen LogP contribution in [-0.2, 0) is 18.8 Å². The van der Waals surface area contributed by atoms with Crippen LogP contribution in [0.25, 0.3) is 0 Å². The third-order valence-electron chi connectivity index (χ3n) is 6.31. The Hall–Kier alpha value is -3.48. The van der Waals surface area contributed by atoms with Gasteiger partial charge in [-0.05, 0) is 72.0 Å². The van der Waals surface area contributed by atoms with Gasteiger partial charge in [0.05, 0.1) is 11.1 Å². The van der Waals surface area contributed by atoms with Crippen molar-refractivity contribution in [3.8, 4) is 0 Å². The maximum atomic E-state index is 13.4. The molecule has 34 heavy (non-hydrogen) atoms. The summed E-state index contributed by atoms with van der Waals surface area (Å²) in [5.41, 5.74) is 1.18. The molecule has 0 saturated carbocycles. The van der Waals surface area contributed by atoms with Gasteiger partial charge in [0.25, 0.3) is 0 Å². The zero-order valence-electron chi connectivity index (χ0n) is 17.7. The van der Waals surface area contributed by atoms with E-state index in [1.807, 2.05) is 24.3 Å². The zero-order valence-corrected chi connectivity index (χ0v) is 17.7. The Morgan fingerprint density at radius 2 is 1.21 bits per heavy atom. The number of halogens is 6. The molecular weight excluding hydrogens is 452 g/mol. The monoisotopic (exact) mass is 471 g/mol. The van der Waals surface area contributed by atoms with Gasteiger partial charge in [-0.15, -0.1) is 0 Å². The summed E-state index contributed by atoms with van der Waals surface area (Å²) < 4.78 is 80.6. The van der Waals surface area contributed by atoms with Crippen LogP contribution in [0.1, 0.15) is 28.2 Å². The molecule has 2 aliphatic carbocycles. The number of rotatable bonds is 3. The molecule has 0 bridgehead atoms. The first-order chi connectivity index (χ1) is 16.1. The predicted molar refractivity (Wildman–Crippen MR) is 119 cm³/mol. The number of hydrogen-bond donors (Lipinski definition) is 0. The first kappa shape index (κ1) is 22.3. The molecule has 3 aromatic rings. The summed E-state index contributed by atoms with van der Waals surface area (Å²) in [5.74, 6) is 0.524. The van der Waals surface area contributed by atoms with Gasteiger partial charge in [0.15, 0.2) is 0 Å². The normalized spacial score (nSPS) is 19.1. The average molecular weight is 471 g/mol. The van der Waals surface area contributed by atoms with Crippen molar-refractivity contribution in [1.82, 2.24) is 0 Å². The van der Waals surface area contributed by atoms with Crippen molar-refractivity contribution in [2.75, 3.05) is 4.90 Å². The molecule has 0 radical (unpaired) electrons. The number of benzene rings is 3. The van der Waals surface area contributed by atoms with Crippen LogP contribution in [0, 0.1) is 5.92 Å². The molecule has 7 heteroatoms. The molecule has 0 fully saturated rings. The minimum absolute atomic E-state index is 0.129. The van der Waals surface area contributed by atoms with E-state index in [1.165, 1.54) is 29.2 Å². The second-order valence-electron chi connectivity index (χ2n) is 8.48. The molecule has 0 saturated heterocycles. The van der Waals surface area contributed by atoms with Gasteiger partial charge in [-0.2, -0.15) is 26.3 Å². The highest BCUT2D eigenvalue weighted by Gasteiger charge is 2.34. The molecule has 3 aromatic carbocycles. The summed E-state index contributed by atoms with van der Waals surface area (Å²) in [6, 6.07) is 14.8. The first-order valence-electron chi connectivity index (χ1n) is 10.7. The Kier molecular flexibility index (Phi) is 5.30. The fourth-order valence-electron chi connectivity index (χ4n) is 4.76. The van der Waals surface area contributed by atoms with Crippen molar-refractivity contribution < 1.29 is 26.3 Å². The topological polar surface area (TPSA) is 3.24 Å². The van der Waals surface area contributed by atoms with Crippen molar-refractivity contribution >= 4 is 17.1 Å². The molecule has 0 aliphatic heterocycles. The number of fused-ring (bicyclic) bond motifs is 3. The SMILES string of the molecule is FC(F)(F)c1cccc(N(c2cccc(C(F)(F)F)c2)c2ccc3c(c2)CC2C=CC=CC32)c1. The molecule has 0 N–H and O–H groups in total. The van der Waals surface area contributed by atoms with Crippen LogP contribution in [0.15, 0.2) is 91.0 Å². The van der Waals surface area contributed by atoms with E-state index in [4.69, 9.17) is 0 Å². The Morgan fingerprint density at radius 3 is 1.79 bits per heavy atom. The van der Waals surface area contributed by atoms with E-state index in [0.29, 0.717) is 11.6 Å². The lowest BCUT2D eigenvalue weighted by molar-refractivity contribution is -0.138. The van der Waals surface area contributed by atoms with Gasteiger partial charge < -0.3 is 4.90 Å². The summed E-state index contributed by atoms with van der Waals surface area (Å²) in [7, 11) is 0. The van der Waals surface area contributed by atoms with Crippen LogP contribution in [-0.4, -0.2) is 0 Å². The van der Waals surface area contributed by atoms with E-state index in [9.17, 15) is 26.3 Å². The summed E-state index contributed by atoms with van der Waals surface area (Å²) >= 11 is 0. The van der Waals surface area contributed by atoms with Gasteiger partial charge in [0.2, 0.25) is 0 Å². The quantitative estimate of drug-likeness (QED) is 0.346. The molecule has 0 amide bonds. The molecule has 174 valence electrons. The van der Waals surface area contributed by atoms with Crippen LogP contribution >= 0.6 is 0 Å². The molecule has 2 aliphatic rings. The molecule has 2 atom stereocenters. The smallest absolute Gasteiger partial charge is 0.310 e. The molecule has 0 spiro atoms. The number of hydrogen-bond acceptors (Lipinski definition) is 1. The minimum atomic E-state index is -4.58. The summed E-state index contributed by atoms with van der Waals surface area (Å²) in [6.07, 6.45) is -0.181. The van der Waals surface area contributed by atoms with E-state index in [2.05, 4.69) is 12.2 Å². The Labute approximate surface area is 192 Å². The summed E-state index contributed by atoms with van der Waals surface area (Å²) in [4.78, 5) is 1.44. The van der Waals surface area contributed by atoms with Crippen LogP contribution < -0.4 is 4.90 Å². The molecular formula is C27H19F6N. The van der Waals surface area contributed by atoms with Crippen molar-refractivity contribution in [2.24, 2.45) is 5.92 Å². The standard InChI is InChI=1S/C27H19F6N/c28-26(29,30)19-6-3-8-21(15-19)34(22-9-4-7-20(16-22)27(31,32)33)23-11-12-25-18(14-23)13-17-5-1-2-10-24(17)25/h1-12,14-17,24H,13H2. The molecule has 1 nitrogen and oxygen atoms in total. The van der Waals surface area contributed by atoms with Gasteiger partial charge in [0.1, 0.15) is 0 Å². The molecule has 0 heterocycles. The van der Waals surface area contributed by atoms with Gasteiger partial charge in [-0.3, -0.25) is 0 Å². The minimum Gasteiger partial charge on any atom is -0.310 e. The fraction of sp³-hybridized carbons (Fsp3) is 0.185. The molecule has 0 aromatic heterocycles. The third-order valence-corrected chi connectivity index (χ3v) is 6.31. The van der Waals surface area contributed by atoms with Crippen LogP contribution in [0.5, 0.6) is 0 Å².